The van der Waals surface area contributed by atoms with Gasteiger partial charge in [-0.05, 0) is 20.3 Å². The molecular formula is C12H23N3O3. The molecule has 0 aromatic carbocycles. The van der Waals surface area contributed by atoms with Gasteiger partial charge in [-0.15, -0.1) is 0 Å². The van der Waals surface area contributed by atoms with Crippen molar-refractivity contribution >= 4 is 11.8 Å². The van der Waals surface area contributed by atoms with E-state index >= 15 is 0 Å². The summed E-state index contributed by atoms with van der Waals surface area (Å²) in [5.41, 5.74) is 0. The summed E-state index contributed by atoms with van der Waals surface area (Å²) >= 11 is 0. The van der Waals surface area contributed by atoms with Gasteiger partial charge in [0.1, 0.15) is 6.04 Å². The van der Waals surface area contributed by atoms with Crippen molar-refractivity contribution in [2.45, 2.75) is 32.4 Å². The fraction of sp³-hybridized carbons (Fsp3) is 0.833. The number of methoxy groups -OCH3 is 1. The second-order valence-electron chi connectivity index (χ2n) is 4.70. The Morgan fingerprint density at radius 1 is 1.56 bits per heavy atom. The summed E-state index contributed by atoms with van der Waals surface area (Å²) in [6, 6.07) is -0.164. The standard InChI is InChI=1S/C12H23N3O3/c1-9(2)15-6-4-10(12(15)17)14-11(16)8-13-5-7-18-3/h9-10,13H,4-8H2,1-3H3,(H,14,16). The Balaban J connectivity index is 2.26. The van der Waals surface area contributed by atoms with E-state index in [9.17, 15) is 9.59 Å². The van der Waals surface area contributed by atoms with Gasteiger partial charge in [0, 0.05) is 26.2 Å². The maximum atomic E-state index is 11.9. The summed E-state index contributed by atoms with van der Waals surface area (Å²) in [6.45, 7) is 6.09. The number of carbonyl (C=O) groups is 2. The summed E-state index contributed by atoms with van der Waals surface area (Å²) < 4.78 is 4.86. The van der Waals surface area contributed by atoms with E-state index in [1.54, 1.807) is 12.0 Å². The first-order valence-electron chi connectivity index (χ1n) is 6.35. The van der Waals surface area contributed by atoms with Gasteiger partial charge in [0.15, 0.2) is 0 Å². The molecule has 1 atom stereocenters. The van der Waals surface area contributed by atoms with Crippen molar-refractivity contribution in [3.05, 3.63) is 0 Å². The van der Waals surface area contributed by atoms with E-state index in [0.717, 1.165) is 6.54 Å². The van der Waals surface area contributed by atoms with Crippen molar-refractivity contribution in [1.29, 1.82) is 0 Å². The SMILES string of the molecule is COCCNCC(=O)NC1CCN(C(C)C)C1=O. The molecule has 0 radical (unpaired) electrons. The highest BCUT2D eigenvalue weighted by molar-refractivity contribution is 5.89. The minimum Gasteiger partial charge on any atom is -0.383 e. The van der Waals surface area contributed by atoms with Gasteiger partial charge in [0.2, 0.25) is 11.8 Å². The average molecular weight is 257 g/mol. The van der Waals surface area contributed by atoms with Gasteiger partial charge < -0.3 is 20.3 Å². The molecule has 0 aliphatic carbocycles. The first-order valence-corrected chi connectivity index (χ1v) is 6.35. The van der Waals surface area contributed by atoms with Crippen LogP contribution in [0.1, 0.15) is 20.3 Å². The molecule has 1 aliphatic rings. The minimum absolute atomic E-state index is 0.0234. The van der Waals surface area contributed by atoms with Crippen LogP contribution in [0.2, 0.25) is 0 Å². The molecule has 0 bridgehead atoms. The van der Waals surface area contributed by atoms with E-state index in [1.165, 1.54) is 0 Å². The molecule has 0 spiro atoms. The molecule has 2 N–H and O–H groups in total. The number of hydrogen-bond donors (Lipinski definition) is 2. The Morgan fingerprint density at radius 2 is 2.28 bits per heavy atom. The van der Waals surface area contributed by atoms with Gasteiger partial charge >= 0.3 is 0 Å². The zero-order chi connectivity index (χ0) is 13.5. The van der Waals surface area contributed by atoms with Crippen LogP contribution in [0.25, 0.3) is 0 Å². The van der Waals surface area contributed by atoms with E-state index < -0.39 is 0 Å². The van der Waals surface area contributed by atoms with Crippen molar-refractivity contribution in [1.82, 2.24) is 15.5 Å². The lowest BCUT2D eigenvalue weighted by Gasteiger charge is -2.21. The predicted octanol–water partition coefficient (Wildman–Crippen LogP) is -0.652. The van der Waals surface area contributed by atoms with Crippen LogP contribution >= 0.6 is 0 Å². The number of carbonyl (C=O) groups excluding carboxylic acids is 2. The fourth-order valence-electron chi connectivity index (χ4n) is 1.97. The molecule has 104 valence electrons. The molecule has 6 nitrogen and oxygen atoms in total. The molecule has 2 amide bonds. The number of amides is 2. The maximum Gasteiger partial charge on any atom is 0.245 e. The Bertz CT molecular complexity index is 294. The molecule has 0 aromatic rings. The Hall–Kier alpha value is -1.14. The number of nitrogens with zero attached hydrogens (tertiary/aromatic N) is 1. The zero-order valence-electron chi connectivity index (χ0n) is 11.4. The first-order chi connectivity index (χ1) is 8.56. The second-order valence-corrected chi connectivity index (χ2v) is 4.70. The topological polar surface area (TPSA) is 70.7 Å². The quantitative estimate of drug-likeness (QED) is 0.595. The molecular weight excluding hydrogens is 234 g/mol. The third-order valence-corrected chi connectivity index (χ3v) is 2.97. The third kappa shape index (κ3) is 4.27. The van der Waals surface area contributed by atoms with Crippen molar-refractivity contribution in [2.75, 3.05) is 33.4 Å². The number of ether oxygens (including phenoxy) is 1. The van der Waals surface area contributed by atoms with Crippen LogP contribution in [0.3, 0.4) is 0 Å². The third-order valence-electron chi connectivity index (χ3n) is 2.97. The van der Waals surface area contributed by atoms with Crippen LogP contribution in [0, 0.1) is 0 Å². The van der Waals surface area contributed by atoms with Crippen LogP contribution in [0.5, 0.6) is 0 Å². The van der Waals surface area contributed by atoms with Gasteiger partial charge in [0.05, 0.1) is 13.2 Å². The monoisotopic (exact) mass is 257 g/mol. The predicted molar refractivity (Wildman–Crippen MR) is 68.1 cm³/mol. The van der Waals surface area contributed by atoms with E-state index in [2.05, 4.69) is 10.6 Å². The summed E-state index contributed by atoms with van der Waals surface area (Å²) in [5, 5.41) is 5.70. The minimum atomic E-state index is -0.357. The molecule has 1 aliphatic heterocycles. The van der Waals surface area contributed by atoms with Crippen molar-refractivity contribution in [2.24, 2.45) is 0 Å². The van der Waals surface area contributed by atoms with Gasteiger partial charge in [-0.1, -0.05) is 0 Å². The van der Waals surface area contributed by atoms with Crippen molar-refractivity contribution < 1.29 is 14.3 Å². The number of hydrogen-bond acceptors (Lipinski definition) is 4. The van der Waals surface area contributed by atoms with Crippen LogP contribution in [-0.2, 0) is 14.3 Å². The molecule has 1 saturated heterocycles. The Labute approximate surface area is 108 Å². The van der Waals surface area contributed by atoms with E-state index in [1.807, 2.05) is 13.8 Å². The Morgan fingerprint density at radius 3 is 2.83 bits per heavy atom. The van der Waals surface area contributed by atoms with Crippen LogP contribution in [0.15, 0.2) is 0 Å². The van der Waals surface area contributed by atoms with E-state index in [0.29, 0.717) is 19.6 Å². The molecule has 18 heavy (non-hydrogen) atoms. The van der Waals surface area contributed by atoms with Gasteiger partial charge in [-0.3, -0.25) is 9.59 Å². The molecule has 1 fully saturated rings. The molecule has 1 rings (SSSR count). The van der Waals surface area contributed by atoms with Gasteiger partial charge in [-0.25, -0.2) is 0 Å². The fourth-order valence-corrected chi connectivity index (χ4v) is 1.97. The zero-order valence-corrected chi connectivity index (χ0v) is 11.4. The highest BCUT2D eigenvalue weighted by Gasteiger charge is 2.33. The van der Waals surface area contributed by atoms with Crippen LogP contribution < -0.4 is 10.6 Å². The summed E-state index contributed by atoms with van der Waals surface area (Å²) in [6.07, 6.45) is 0.695. The van der Waals surface area contributed by atoms with E-state index in [-0.39, 0.29) is 30.4 Å². The molecule has 1 unspecified atom stereocenters. The first kappa shape index (κ1) is 14.9. The van der Waals surface area contributed by atoms with Crippen LogP contribution in [0.4, 0.5) is 0 Å². The lowest BCUT2D eigenvalue weighted by atomic mass is 10.2. The number of rotatable bonds is 7. The largest absolute Gasteiger partial charge is 0.383 e. The summed E-state index contributed by atoms with van der Waals surface area (Å²) in [7, 11) is 1.61. The van der Waals surface area contributed by atoms with E-state index in [4.69, 9.17) is 4.74 Å². The lowest BCUT2D eigenvalue weighted by molar-refractivity contribution is -0.133. The smallest absolute Gasteiger partial charge is 0.245 e. The number of likely N-dealkylation sites (tertiary alicyclic amines) is 1. The average Bonchev–Trinajstić information content (AvgIpc) is 2.67. The molecule has 0 aromatic heterocycles. The summed E-state index contributed by atoms with van der Waals surface area (Å²) in [4.78, 5) is 25.3. The molecule has 0 saturated carbocycles. The highest BCUT2D eigenvalue weighted by atomic mass is 16.5. The van der Waals surface area contributed by atoms with Crippen molar-refractivity contribution in [3.63, 3.8) is 0 Å². The number of nitrogens with one attached hydrogen (secondary N) is 2. The van der Waals surface area contributed by atoms with Crippen molar-refractivity contribution in [3.8, 4) is 0 Å². The van der Waals surface area contributed by atoms with Gasteiger partial charge in [-0.2, -0.15) is 0 Å². The Kier molecular flexibility index (Phi) is 6.07. The summed E-state index contributed by atoms with van der Waals surface area (Å²) in [5.74, 6) is -0.120. The second kappa shape index (κ2) is 7.33. The van der Waals surface area contributed by atoms with Gasteiger partial charge in [0.25, 0.3) is 0 Å². The normalized spacial score (nSPS) is 19.7. The molecule has 1 heterocycles. The lowest BCUT2D eigenvalue weighted by Crippen LogP contribution is -2.46. The highest BCUT2D eigenvalue weighted by Crippen LogP contribution is 2.13. The maximum absolute atomic E-state index is 11.9. The van der Waals surface area contributed by atoms with Crippen LogP contribution in [-0.4, -0.2) is 62.1 Å². The molecule has 6 heteroatoms.